The molecule has 0 unspecified atom stereocenters. The van der Waals surface area contributed by atoms with E-state index in [4.69, 9.17) is 19.1 Å². The van der Waals surface area contributed by atoms with Gasteiger partial charge in [-0.15, -0.1) is 0 Å². The quantitative estimate of drug-likeness (QED) is 0.808. The number of hydrogen-bond acceptors (Lipinski definition) is 5. The fourth-order valence-electron chi connectivity index (χ4n) is 1.22. The van der Waals surface area contributed by atoms with Gasteiger partial charge in [-0.25, -0.2) is 0 Å². The van der Waals surface area contributed by atoms with Crippen molar-refractivity contribution in [2.45, 2.75) is 45.5 Å². The fourth-order valence-corrected chi connectivity index (χ4v) is 2.15. The number of nitrogens with zero attached hydrogens (tertiary/aromatic N) is 1. The second-order valence-corrected chi connectivity index (χ2v) is 10.8. The van der Waals surface area contributed by atoms with Gasteiger partial charge in [-0.2, -0.15) is 0 Å². The molecule has 106 valence electrons. The lowest BCUT2D eigenvalue weighted by molar-refractivity contribution is 0.257. The predicted octanol–water partition coefficient (Wildman–Crippen LogP) is 1.95. The van der Waals surface area contributed by atoms with Crippen LogP contribution in [0.15, 0.2) is 18.3 Å². The van der Waals surface area contributed by atoms with Crippen molar-refractivity contribution in [1.82, 2.24) is 4.98 Å². The summed E-state index contributed by atoms with van der Waals surface area (Å²) in [5.41, 5.74) is 0.570. The monoisotopic (exact) mass is 283 g/mol. The van der Waals surface area contributed by atoms with Crippen LogP contribution in [0.3, 0.4) is 0 Å². The molecule has 0 aliphatic heterocycles. The molecular weight excluding hydrogens is 261 g/mol. The summed E-state index contributed by atoms with van der Waals surface area (Å²) in [6, 6.07) is 3.31. The van der Waals surface area contributed by atoms with Gasteiger partial charge in [0.25, 0.3) is 0 Å². The molecule has 0 saturated heterocycles. The summed E-state index contributed by atoms with van der Waals surface area (Å²) in [4.78, 5) is 4.17. The predicted molar refractivity (Wildman–Crippen MR) is 77.0 cm³/mol. The average molecular weight is 283 g/mol. The van der Waals surface area contributed by atoms with Gasteiger partial charge in [0.2, 0.25) is 0 Å². The molecule has 0 fully saturated rings. The van der Waals surface area contributed by atoms with Gasteiger partial charge in [-0.05, 0) is 30.3 Å². The number of aromatic nitrogens is 1. The van der Waals surface area contributed by atoms with Crippen LogP contribution in [0, 0.1) is 0 Å². The first kappa shape index (κ1) is 16.2. The zero-order valence-electron chi connectivity index (χ0n) is 12.2. The van der Waals surface area contributed by atoms with Gasteiger partial charge >= 0.3 is 7.32 Å². The summed E-state index contributed by atoms with van der Waals surface area (Å²) >= 11 is 0. The molecule has 0 atom stereocenters. The van der Waals surface area contributed by atoms with Crippen LogP contribution in [-0.4, -0.2) is 30.7 Å². The SMILES string of the molecule is CC(C)(C)[Si](C)(C)OCc1ncccc1OB(O)O. The first-order chi connectivity index (χ1) is 8.63. The molecule has 0 bridgehead atoms. The van der Waals surface area contributed by atoms with E-state index in [1.165, 1.54) is 0 Å². The third-order valence-corrected chi connectivity index (χ3v) is 7.94. The largest absolute Gasteiger partial charge is 0.707 e. The first-order valence-electron chi connectivity index (χ1n) is 6.24. The van der Waals surface area contributed by atoms with Crippen LogP contribution >= 0.6 is 0 Å². The van der Waals surface area contributed by atoms with Crippen LogP contribution in [0.25, 0.3) is 0 Å². The molecular formula is C12H22BNO4Si. The van der Waals surface area contributed by atoms with Gasteiger partial charge < -0.3 is 19.1 Å². The highest BCUT2D eigenvalue weighted by atomic mass is 28.4. The molecule has 1 rings (SSSR count). The molecule has 0 aliphatic rings. The van der Waals surface area contributed by atoms with Gasteiger partial charge in [0.15, 0.2) is 8.32 Å². The summed E-state index contributed by atoms with van der Waals surface area (Å²) < 4.78 is 10.9. The summed E-state index contributed by atoms with van der Waals surface area (Å²) in [6.07, 6.45) is 1.63. The molecule has 0 aromatic carbocycles. The Labute approximate surface area is 115 Å². The number of pyridine rings is 1. The minimum absolute atomic E-state index is 0.110. The Hall–Kier alpha value is -0.888. The second-order valence-electron chi connectivity index (χ2n) is 5.94. The molecule has 19 heavy (non-hydrogen) atoms. The zero-order valence-corrected chi connectivity index (χ0v) is 13.2. The van der Waals surface area contributed by atoms with Gasteiger partial charge in [0.05, 0.1) is 6.61 Å². The zero-order chi connectivity index (χ0) is 14.7. The van der Waals surface area contributed by atoms with Crippen LogP contribution < -0.4 is 4.65 Å². The van der Waals surface area contributed by atoms with E-state index >= 15 is 0 Å². The summed E-state index contributed by atoms with van der Waals surface area (Å²) in [5, 5.41) is 17.8. The number of rotatable bonds is 5. The van der Waals surface area contributed by atoms with Crippen molar-refractivity contribution >= 4 is 15.6 Å². The lowest BCUT2D eigenvalue weighted by Gasteiger charge is -2.36. The Morgan fingerprint density at radius 2 is 1.95 bits per heavy atom. The molecule has 0 saturated carbocycles. The lowest BCUT2D eigenvalue weighted by Crippen LogP contribution is -2.40. The molecule has 7 heteroatoms. The highest BCUT2D eigenvalue weighted by molar-refractivity contribution is 6.74. The second kappa shape index (κ2) is 6.04. The van der Waals surface area contributed by atoms with Gasteiger partial charge in [-0.1, -0.05) is 20.8 Å². The summed E-state index contributed by atoms with van der Waals surface area (Å²) in [7, 11) is -3.72. The van der Waals surface area contributed by atoms with Gasteiger partial charge in [0, 0.05) is 6.20 Å². The van der Waals surface area contributed by atoms with E-state index in [-0.39, 0.29) is 5.04 Å². The molecule has 0 amide bonds. The van der Waals surface area contributed by atoms with Crippen LogP contribution in [-0.2, 0) is 11.0 Å². The Morgan fingerprint density at radius 3 is 2.47 bits per heavy atom. The van der Waals surface area contributed by atoms with E-state index in [0.717, 1.165) is 0 Å². The molecule has 2 N–H and O–H groups in total. The lowest BCUT2D eigenvalue weighted by atomic mass is 10.2. The van der Waals surface area contributed by atoms with E-state index in [1.54, 1.807) is 18.3 Å². The summed E-state index contributed by atoms with van der Waals surface area (Å²) in [5.74, 6) is 0.330. The molecule has 0 radical (unpaired) electrons. The maximum Gasteiger partial charge on any atom is 0.707 e. The van der Waals surface area contributed by atoms with Crippen LogP contribution in [0.2, 0.25) is 18.1 Å². The minimum atomic E-state index is -1.87. The Kier molecular flexibility index (Phi) is 5.14. The van der Waals surface area contributed by atoms with E-state index in [1.807, 2.05) is 0 Å². The third-order valence-electron chi connectivity index (χ3n) is 3.46. The Morgan fingerprint density at radius 1 is 1.32 bits per heavy atom. The van der Waals surface area contributed by atoms with Crippen molar-refractivity contribution in [3.05, 3.63) is 24.0 Å². The van der Waals surface area contributed by atoms with Crippen LogP contribution in [0.5, 0.6) is 5.75 Å². The summed E-state index contributed by atoms with van der Waals surface area (Å²) in [6.45, 7) is 11.1. The van der Waals surface area contributed by atoms with Crippen molar-refractivity contribution in [1.29, 1.82) is 0 Å². The average Bonchev–Trinajstić information content (AvgIpc) is 2.25. The van der Waals surface area contributed by atoms with Crippen molar-refractivity contribution in [2.24, 2.45) is 0 Å². The molecule has 1 heterocycles. The maximum absolute atomic E-state index is 8.86. The smallest absolute Gasteiger partial charge is 0.510 e. The standard InChI is InChI=1S/C12H22BNO4Si/c1-12(2,3)19(4,5)17-9-10-11(18-13(15)16)7-6-8-14-10/h6-8,15-16H,9H2,1-5H3. The topological polar surface area (TPSA) is 71.8 Å². The molecule has 1 aromatic heterocycles. The highest BCUT2D eigenvalue weighted by Gasteiger charge is 2.37. The van der Waals surface area contributed by atoms with Crippen molar-refractivity contribution < 1.29 is 19.1 Å². The van der Waals surface area contributed by atoms with E-state index in [2.05, 4.69) is 38.8 Å². The minimum Gasteiger partial charge on any atom is -0.510 e. The highest BCUT2D eigenvalue weighted by Crippen LogP contribution is 2.37. The normalized spacial score (nSPS) is 12.4. The Bertz CT molecular complexity index is 420. The molecule has 0 aliphatic carbocycles. The molecule has 5 nitrogen and oxygen atoms in total. The van der Waals surface area contributed by atoms with Crippen LogP contribution in [0.4, 0.5) is 0 Å². The first-order valence-corrected chi connectivity index (χ1v) is 9.15. The van der Waals surface area contributed by atoms with Crippen molar-refractivity contribution in [3.63, 3.8) is 0 Å². The van der Waals surface area contributed by atoms with E-state index < -0.39 is 15.6 Å². The van der Waals surface area contributed by atoms with Crippen molar-refractivity contribution in [2.75, 3.05) is 0 Å². The third kappa shape index (κ3) is 4.61. The Balaban J connectivity index is 2.78. The van der Waals surface area contributed by atoms with Gasteiger partial charge in [0.1, 0.15) is 11.4 Å². The van der Waals surface area contributed by atoms with E-state index in [9.17, 15) is 0 Å². The van der Waals surface area contributed by atoms with E-state index in [0.29, 0.717) is 18.1 Å². The van der Waals surface area contributed by atoms with Gasteiger partial charge in [-0.3, -0.25) is 4.98 Å². The molecule has 1 aromatic rings. The number of hydrogen-bond donors (Lipinski definition) is 2. The van der Waals surface area contributed by atoms with Crippen LogP contribution in [0.1, 0.15) is 26.5 Å². The fraction of sp³-hybridized carbons (Fsp3) is 0.583. The maximum atomic E-state index is 8.86. The van der Waals surface area contributed by atoms with Crippen molar-refractivity contribution in [3.8, 4) is 5.75 Å². The molecule has 0 spiro atoms.